The predicted molar refractivity (Wildman–Crippen MR) is 69.7 cm³/mol. The van der Waals surface area contributed by atoms with E-state index in [0.29, 0.717) is 6.67 Å². The first kappa shape index (κ1) is 14.3. The number of nitrogens with zero attached hydrogens (tertiary/aromatic N) is 1. The van der Waals surface area contributed by atoms with Crippen LogP contribution in [0, 0.1) is 0 Å². The van der Waals surface area contributed by atoms with Gasteiger partial charge in [-0.1, -0.05) is 31.9 Å². The lowest BCUT2D eigenvalue weighted by Crippen LogP contribution is -2.26. The van der Waals surface area contributed by atoms with Gasteiger partial charge in [0.1, 0.15) is 0 Å². The molecule has 0 bridgehead atoms. The van der Waals surface area contributed by atoms with Crippen LogP contribution < -0.4 is 11.1 Å². The standard InChI is InChI=1S/C9H19Br2N3/c10-3-1-5-13-6-8-14(9-12)7-2-4-11/h6,8,13H,1-5,7,9,12H2/b8-6-. The highest BCUT2D eigenvalue weighted by Crippen LogP contribution is 1.93. The third kappa shape index (κ3) is 8.84. The Hall–Kier alpha value is 0.260. The molecule has 0 spiro atoms. The maximum absolute atomic E-state index is 5.58. The van der Waals surface area contributed by atoms with Gasteiger partial charge in [0.05, 0.1) is 6.67 Å². The number of rotatable bonds is 9. The Kier molecular flexibility index (Phi) is 11.5. The molecule has 0 aromatic heterocycles. The van der Waals surface area contributed by atoms with E-state index in [2.05, 4.69) is 42.1 Å². The zero-order valence-electron chi connectivity index (χ0n) is 8.38. The van der Waals surface area contributed by atoms with Crippen molar-refractivity contribution in [3.8, 4) is 0 Å². The molecule has 0 saturated heterocycles. The van der Waals surface area contributed by atoms with Crippen molar-refractivity contribution < 1.29 is 0 Å². The molecule has 0 aromatic carbocycles. The molecule has 0 saturated carbocycles. The van der Waals surface area contributed by atoms with Gasteiger partial charge in [0.25, 0.3) is 0 Å². The van der Waals surface area contributed by atoms with Crippen LogP contribution in [0.25, 0.3) is 0 Å². The van der Waals surface area contributed by atoms with Crippen LogP contribution in [-0.4, -0.2) is 35.3 Å². The molecule has 0 amide bonds. The van der Waals surface area contributed by atoms with E-state index in [-0.39, 0.29) is 0 Å². The summed E-state index contributed by atoms with van der Waals surface area (Å²) in [6, 6.07) is 0. The minimum absolute atomic E-state index is 0.573. The van der Waals surface area contributed by atoms with Crippen molar-refractivity contribution in [3.05, 3.63) is 12.4 Å². The molecule has 3 nitrogen and oxygen atoms in total. The van der Waals surface area contributed by atoms with Crippen molar-refractivity contribution in [1.82, 2.24) is 10.2 Å². The minimum atomic E-state index is 0.573. The lowest BCUT2D eigenvalue weighted by atomic mass is 10.4. The Balaban J connectivity index is 3.47. The zero-order valence-corrected chi connectivity index (χ0v) is 11.6. The second-order valence-electron chi connectivity index (χ2n) is 2.85. The fourth-order valence-corrected chi connectivity index (χ4v) is 1.43. The topological polar surface area (TPSA) is 41.3 Å². The molecule has 0 atom stereocenters. The number of nitrogens with one attached hydrogen (secondary N) is 1. The molecule has 0 fully saturated rings. The van der Waals surface area contributed by atoms with Crippen molar-refractivity contribution in [2.24, 2.45) is 5.73 Å². The highest BCUT2D eigenvalue weighted by Gasteiger charge is 1.93. The van der Waals surface area contributed by atoms with Gasteiger partial charge in [-0.2, -0.15) is 0 Å². The second kappa shape index (κ2) is 11.3. The molecule has 14 heavy (non-hydrogen) atoms. The van der Waals surface area contributed by atoms with Crippen LogP contribution in [0.3, 0.4) is 0 Å². The van der Waals surface area contributed by atoms with Gasteiger partial charge >= 0.3 is 0 Å². The Bertz CT molecular complexity index is 142. The zero-order chi connectivity index (χ0) is 10.6. The first-order chi connectivity index (χ1) is 6.85. The fraction of sp³-hybridized carbons (Fsp3) is 0.778. The summed E-state index contributed by atoms with van der Waals surface area (Å²) in [5, 5.41) is 5.27. The molecule has 0 aliphatic carbocycles. The van der Waals surface area contributed by atoms with E-state index < -0.39 is 0 Å². The van der Waals surface area contributed by atoms with Gasteiger partial charge in [0.15, 0.2) is 0 Å². The third-order valence-corrected chi connectivity index (χ3v) is 2.79. The molecular weight excluding hydrogens is 310 g/mol. The number of hydrogen-bond acceptors (Lipinski definition) is 3. The van der Waals surface area contributed by atoms with Crippen molar-refractivity contribution in [2.75, 3.05) is 30.4 Å². The number of hydrogen-bond donors (Lipinski definition) is 2. The Morgan fingerprint density at radius 3 is 2.50 bits per heavy atom. The summed E-state index contributed by atoms with van der Waals surface area (Å²) in [7, 11) is 0. The van der Waals surface area contributed by atoms with Crippen LogP contribution in [0.4, 0.5) is 0 Å². The largest absolute Gasteiger partial charge is 0.390 e. The maximum Gasteiger partial charge on any atom is 0.0651 e. The summed E-state index contributed by atoms with van der Waals surface area (Å²) in [5.74, 6) is 0. The highest BCUT2D eigenvalue weighted by atomic mass is 79.9. The lowest BCUT2D eigenvalue weighted by Gasteiger charge is -2.16. The van der Waals surface area contributed by atoms with Crippen LogP contribution in [0.1, 0.15) is 12.8 Å². The summed E-state index contributed by atoms with van der Waals surface area (Å²) in [5.41, 5.74) is 5.58. The van der Waals surface area contributed by atoms with E-state index in [1.807, 2.05) is 12.4 Å². The van der Waals surface area contributed by atoms with Crippen LogP contribution in [-0.2, 0) is 0 Å². The molecule has 84 valence electrons. The molecule has 0 radical (unpaired) electrons. The predicted octanol–water partition coefficient (Wildman–Crippen LogP) is 1.84. The molecule has 3 N–H and O–H groups in total. The van der Waals surface area contributed by atoms with Gasteiger partial charge < -0.3 is 16.0 Å². The molecule has 0 unspecified atom stereocenters. The Morgan fingerprint density at radius 1 is 1.21 bits per heavy atom. The van der Waals surface area contributed by atoms with E-state index >= 15 is 0 Å². The van der Waals surface area contributed by atoms with Crippen molar-refractivity contribution in [2.45, 2.75) is 12.8 Å². The summed E-state index contributed by atoms with van der Waals surface area (Å²) in [4.78, 5) is 2.09. The van der Waals surface area contributed by atoms with E-state index in [4.69, 9.17) is 5.73 Å². The Labute approximate surface area is 103 Å². The van der Waals surface area contributed by atoms with Gasteiger partial charge in [-0.05, 0) is 12.8 Å². The lowest BCUT2D eigenvalue weighted by molar-refractivity contribution is 0.386. The summed E-state index contributed by atoms with van der Waals surface area (Å²) in [6.07, 6.45) is 6.22. The first-order valence-electron chi connectivity index (χ1n) is 4.81. The van der Waals surface area contributed by atoms with E-state index in [9.17, 15) is 0 Å². The van der Waals surface area contributed by atoms with Crippen molar-refractivity contribution in [1.29, 1.82) is 0 Å². The average Bonchev–Trinajstić information content (AvgIpc) is 2.22. The van der Waals surface area contributed by atoms with E-state index in [1.165, 1.54) is 0 Å². The highest BCUT2D eigenvalue weighted by molar-refractivity contribution is 9.09. The summed E-state index contributed by atoms with van der Waals surface area (Å²) >= 11 is 6.78. The minimum Gasteiger partial charge on any atom is -0.390 e. The SMILES string of the molecule is NCN(/C=C\NCCCBr)CCCBr. The normalized spacial score (nSPS) is 10.8. The number of halogens is 2. The van der Waals surface area contributed by atoms with Crippen molar-refractivity contribution >= 4 is 31.9 Å². The van der Waals surface area contributed by atoms with Crippen LogP contribution in [0.15, 0.2) is 12.4 Å². The molecule has 5 heteroatoms. The quantitative estimate of drug-likeness (QED) is 0.385. The van der Waals surface area contributed by atoms with Gasteiger partial charge in [-0.15, -0.1) is 0 Å². The van der Waals surface area contributed by atoms with Crippen LogP contribution in [0.2, 0.25) is 0 Å². The fourth-order valence-electron chi connectivity index (χ4n) is 0.900. The van der Waals surface area contributed by atoms with Gasteiger partial charge in [0.2, 0.25) is 0 Å². The van der Waals surface area contributed by atoms with Crippen LogP contribution in [0.5, 0.6) is 0 Å². The smallest absolute Gasteiger partial charge is 0.0651 e. The first-order valence-corrected chi connectivity index (χ1v) is 7.05. The van der Waals surface area contributed by atoms with E-state index in [0.717, 1.165) is 36.6 Å². The van der Waals surface area contributed by atoms with Crippen LogP contribution >= 0.6 is 31.9 Å². The monoisotopic (exact) mass is 327 g/mol. The van der Waals surface area contributed by atoms with Gasteiger partial charge in [-0.25, -0.2) is 0 Å². The molecule has 0 heterocycles. The average molecular weight is 329 g/mol. The summed E-state index contributed by atoms with van der Waals surface area (Å²) in [6.45, 7) is 2.57. The number of alkyl halides is 2. The molecule has 0 rings (SSSR count). The Morgan fingerprint density at radius 2 is 1.93 bits per heavy atom. The molecule has 0 aliphatic heterocycles. The van der Waals surface area contributed by atoms with E-state index in [1.54, 1.807) is 0 Å². The second-order valence-corrected chi connectivity index (χ2v) is 4.44. The van der Waals surface area contributed by atoms with Crippen molar-refractivity contribution in [3.63, 3.8) is 0 Å². The molecule has 0 aromatic rings. The third-order valence-electron chi connectivity index (χ3n) is 1.67. The van der Waals surface area contributed by atoms with Gasteiger partial charge in [0, 0.05) is 36.1 Å². The van der Waals surface area contributed by atoms with Gasteiger partial charge in [-0.3, -0.25) is 0 Å². The maximum atomic E-state index is 5.58. The molecular formula is C9H19Br2N3. The number of nitrogens with two attached hydrogens (primary N) is 1. The summed E-state index contributed by atoms with van der Waals surface area (Å²) < 4.78 is 0. The molecule has 0 aliphatic rings.